The van der Waals surface area contributed by atoms with Gasteiger partial charge in [-0.2, -0.15) is 0 Å². The molecule has 1 N–H and O–H groups in total. The number of benzene rings is 2. The molecule has 0 saturated heterocycles. The van der Waals surface area contributed by atoms with Crippen LogP contribution in [0.25, 0.3) is 0 Å². The highest BCUT2D eigenvalue weighted by Gasteiger charge is 2.64. The molecule has 0 aliphatic heterocycles. The van der Waals surface area contributed by atoms with E-state index in [1.165, 1.54) is 0 Å². The number of hydrogen-bond acceptors (Lipinski definition) is 1. The van der Waals surface area contributed by atoms with Gasteiger partial charge in [0.2, 0.25) is 0 Å². The van der Waals surface area contributed by atoms with Crippen LogP contribution < -0.4 is 0 Å². The van der Waals surface area contributed by atoms with Gasteiger partial charge >= 0.3 is 0 Å². The Morgan fingerprint density at radius 2 is 1.28 bits per heavy atom. The van der Waals surface area contributed by atoms with E-state index in [0.29, 0.717) is 0 Å². The molecule has 0 heterocycles. The fraction of sp³-hybridized carbons (Fsp3) is 0.200. The van der Waals surface area contributed by atoms with Crippen molar-refractivity contribution < 1.29 is 5.11 Å². The third-order valence-corrected chi connectivity index (χ3v) is 4.40. The average molecular weight is 279 g/mol. The first-order valence-electron chi connectivity index (χ1n) is 5.82. The molecule has 0 amide bonds. The van der Waals surface area contributed by atoms with E-state index in [4.69, 9.17) is 23.2 Å². The first-order chi connectivity index (χ1) is 8.60. The zero-order valence-electron chi connectivity index (χ0n) is 9.55. The molecule has 0 unspecified atom stereocenters. The molecule has 0 aromatic heterocycles. The molecule has 0 bridgehead atoms. The fourth-order valence-electron chi connectivity index (χ4n) is 2.50. The van der Waals surface area contributed by atoms with E-state index in [9.17, 15) is 5.11 Å². The summed E-state index contributed by atoms with van der Waals surface area (Å²) in [5.74, 6) is 0.459. The minimum Gasteiger partial charge on any atom is -0.508 e. The van der Waals surface area contributed by atoms with Crippen molar-refractivity contribution in [2.24, 2.45) is 0 Å². The summed E-state index contributed by atoms with van der Waals surface area (Å²) in [4.78, 5) is 0. The third kappa shape index (κ3) is 1.88. The minimum atomic E-state index is -0.752. The SMILES string of the molecule is Oc1ccc([C@H]2[C@H](c3ccccc3)C2(Cl)Cl)cc1. The van der Waals surface area contributed by atoms with E-state index < -0.39 is 4.33 Å². The Morgan fingerprint density at radius 3 is 1.83 bits per heavy atom. The Hall–Kier alpha value is -1.18. The van der Waals surface area contributed by atoms with Crippen LogP contribution in [0.15, 0.2) is 54.6 Å². The summed E-state index contributed by atoms with van der Waals surface area (Å²) in [6.07, 6.45) is 0. The van der Waals surface area contributed by atoms with Crippen molar-refractivity contribution in [1.29, 1.82) is 0 Å². The lowest BCUT2D eigenvalue weighted by molar-refractivity contribution is 0.475. The van der Waals surface area contributed by atoms with Crippen LogP contribution in [0.4, 0.5) is 0 Å². The van der Waals surface area contributed by atoms with Crippen molar-refractivity contribution in [2.45, 2.75) is 16.2 Å². The Balaban J connectivity index is 1.93. The van der Waals surface area contributed by atoms with Gasteiger partial charge in [-0.05, 0) is 23.3 Å². The minimum absolute atomic E-state index is 0.0869. The number of alkyl halides is 2. The van der Waals surface area contributed by atoms with Gasteiger partial charge < -0.3 is 5.11 Å². The summed E-state index contributed by atoms with van der Waals surface area (Å²) in [5, 5.41) is 9.31. The van der Waals surface area contributed by atoms with Crippen LogP contribution in [-0.4, -0.2) is 9.44 Å². The van der Waals surface area contributed by atoms with Crippen LogP contribution in [0.2, 0.25) is 0 Å². The normalized spacial score (nSPS) is 24.8. The van der Waals surface area contributed by atoms with Crippen LogP contribution >= 0.6 is 23.2 Å². The highest BCUT2D eigenvalue weighted by Crippen LogP contribution is 2.70. The van der Waals surface area contributed by atoms with Crippen molar-refractivity contribution in [3.05, 3.63) is 65.7 Å². The second-order valence-electron chi connectivity index (χ2n) is 4.63. The molecule has 18 heavy (non-hydrogen) atoms. The molecule has 2 aromatic carbocycles. The predicted octanol–water partition coefficient (Wildman–Crippen LogP) is 4.45. The molecule has 1 nitrogen and oxygen atoms in total. The van der Waals surface area contributed by atoms with Gasteiger partial charge in [0.1, 0.15) is 10.1 Å². The molecule has 1 fully saturated rings. The van der Waals surface area contributed by atoms with E-state index in [0.717, 1.165) is 11.1 Å². The van der Waals surface area contributed by atoms with Crippen molar-refractivity contribution in [1.82, 2.24) is 0 Å². The van der Waals surface area contributed by atoms with E-state index in [1.807, 2.05) is 42.5 Å². The Bertz CT molecular complexity index is 548. The third-order valence-electron chi connectivity index (χ3n) is 3.46. The first-order valence-corrected chi connectivity index (χ1v) is 6.58. The molecule has 1 aliphatic carbocycles. The molecular formula is C15H12Cl2O. The Morgan fingerprint density at radius 1 is 0.778 bits per heavy atom. The summed E-state index contributed by atoms with van der Waals surface area (Å²) in [7, 11) is 0. The summed E-state index contributed by atoms with van der Waals surface area (Å²) in [6.45, 7) is 0. The van der Waals surface area contributed by atoms with E-state index in [2.05, 4.69) is 0 Å². The van der Waals surface area contributed by atoms with E-state index in [1.54, 1.807) is 12.1 Å². The Labute approximate surface area is 116 Å². The standard InChI is InChI=1S/C15H12Cl2O/c16-15(17)13(10-4-2-1-3-5-10)14(15)11-6-8-12(18)9-7-11/h1-9,13-14,18H/t13-,14-/m0/s1. The maximum atomic E-state index is 9.31. The van der Waals surface area contributed by atoms with Gasteiger partial charge in [-0.1, -0.05) is 42.5 Å². The van der Waals surface area contributed by atoms with Gasteiger partial charge in [-0.15, -0.1) is 23.2 Å². The summed E-state index contributed by atoms with van der Waals surface area (Å²) < 4.78 is -0.752. The number of halogens is 2. The lowest BCUT2D eigenvalue weighted by atomic mass is 10.0. The maximum Gasteiger partial charge on any atom is 0.133 e. The van der Waals surface area contributed by atoms with Crippen LogP contribution in [0, 0.1) is 0 Å². The van der Waals surface area contributed by atoms with Crippen molar-refractivity contribution in [3.8, 4) is 5.75 Å². The van der Waals surface area contributed by atoms with Crippen LogP contribution in [0.5, 0.6) is 5.75 Å². The number of phenols is 1. The molecule has 2 atom stereocenters. The van der Waals surface area contributed by atoms with Gasteiger partial charge in [0, 0.05) is 11.8 Å². The lowest BCUT2D eigenvalue weighted by Crippen LogP contribution is -1.90. The lowest BCUT2D eigenvalue weighted by Gasteiger charge is -2.00. The highest BCUT2D eigenvalue weighted by atomic mass is 35.5. The predicted molar refractivity (Wildman–Crippen MR) is 74.5 cm³/mol. The van der Waals surface area contributed by atoms with Crippen molar-refractivity contribution in [2.75, 3.05) is 0 Å². The maximum absolute atomic E-state index is 9.31. The summed E-state index contributed by atoms with van der Waals surface area (Å²) in [6, 6.07) is 17.1. The van der Waals surface area contributed by atoms with E-state index >= 15 is 0 Å². The zero-order chi connectivity index (χ0) is 12.8. The molecule has 2 aromatic rings. The largest absolute Gasteiger partial charge is 0.508 e. The second kappa shape index (κ2) is 4.18. The first kappa shape index (κ1) is 11.9. The van der Waals surface area contributed by atoms with Gasteiger partial charge in [0.05, 0.1) is 0 Å². The van der Waals surface area contributed by atoms with E-state index in [-0.39, 0.29) is 17.6 Å². The average Bonchev–Trinajstić information content (AvgIpc) is 2.94. The van der Waals surface area contributed by atoms with Crippen LogP contribution in [-0.2, 0) is 0 Å². The van der Waals surface area contributed by atoms with Gasteiger partial charge in [-0.25, -0.2) is 0 Å². The molecule has 3 heteroatoms. The molecule has 1 saturated carbocycles. The quantitative estimate of drug-likeness (QED) is 0.805. The molecular weight excluding hydrogens is 267 g/mol. The fourth-order valence-corrected chi connectivity index (χ4v) is 3.38. The van der Waals surface area contributed by atoms with Gasteiger partial charge in [0.15, 0.2) is 0 Å². The number of rotatable bonds is 2. The van der Waals surface area contributed by atoms with Crippen molar-refractivity contribution in [3.63, 3.8) is 0 Å². The summed E-state index contributed by atoms with van der Waals surface area (Å²) in [5.41, 5.74) is 2.22. The second-order valence-corrected chi connectivity index (χ2v) is 6.08. The number of phenolic OH excluding ortho intramolecular Hbond substituents is 1. The monoisotopic (exact) mass is 278 g/mol. The number of aromatic hydroxyl groups is 1. The van der Waals surface area contributed by atoms with Crippen LogP contribution in [0.3, 0.4) is 0 Å². The zero-order valence-corrected chi connectivity index (χ0v) is 11.1. The molecule has 0 spiro atoms. The van der Waals surface area contributed by atoms with Crippen molar-refractivity contribution >= 4 is 23.2 Å². The van der Waals surface area contributed by atoms with Crippen LogP contribution in [0.1, 0.15) is 23.0 Å². The Kier molecular flexibility index (Phi) is 2.76. The molecule has 92 valence electrons. The highest BCUT2D eigenvalue weighted by molar-refractivity contribution is 6.52. The molecule has 0 radical (unpaired) electrons. The smallest absolute Gasteiger partial charge is 0.133 e. The number of hydrogen-bond donors (Lipinski definition) is 1. The van der Waals surface area contributed by atoms with Gasteiger partial charge in [0.25, 0.3) is 0 Å². The summed E-state index contributed by atoms with van der Waals surface area (Å²) >= 11 is 12.8. The molecule has 1 aliphatic rings. The molecule has 3 rings (SSSR count). The topological polar surface area (TPSA) is 20.2 Å². The van der Waals surface area contributed by atoms with Gasteiger partial charge in [-0.3, -0.25) is 0 Å².